The second-order valence-corrected chi connectivity index (χ2v) is 5.04. The number of carbonyl (C=O) groups excluding carboxylic acids is 1. The molecule has 0 N–H and O–H groups in total. The molecule has 17 heavy (non-hydrogen) atoms. The molecule has 0 aliphatic heterocycles. The van der Waals surface area contributed by atoms with Crippen LogP contribution >= 0.6 is 0 Å². The maximum atomic E-state index is 11.9. The summed E-state index contributed by atoms with van der Waals surface area (Å²) in [7, 11) is 0. The first-order chi connectivity index (χ1) is 7.99. The molecule has 0 amide bonds. The Kier molecular flexibility index (Phi) is 5.36. The van der Waals surface area contributed by atoms with Gasteiger partial charge in [-0.25, -0.2) is 0 Å². The minimum atomic E-state index is 0.0595. The molecule has 0 spiro atoms. The first-order valence-electron chi connectivity index (χ1n) is 6.20. The third kappa shape index (κ3) is 5.14. The number of Topliss-reactive ketones (excluding diaryl/α,β-unsaturated/α-hetero) is 1. The number of hydrogen-bond donors (Lipinski definition) is 0. The Labute approximate surface area is 104 Å². The van der Waals surface area contributed by atoms with Crippen molar-refractivity contribution in [3.8, 4) is 0 Å². The Morgan fingerprint density at radius 2 is 2.00 bits per heavy atom. The molecule has 1 aromatic carbocycles. The molecule has 1 aromatic rings. The molecular weight excluding hydrogens is 212 g/mol. The SMILES string of the molecule is Cc1cccc(C(=O)COC(C)CC(C)C)c1. The number of carbonyl (C=O) groups is 1. The van der Waals surface area contributed by atoms with Crippen molar-refractivity contribution < 1.29 is 9.53 Å². The van der Waals surface area contributed by atoms with Gasteiger partial charge in [0, 0.05) is 5.56 Å². The van der Waals surface area contributed by atoms with Gasteiger partial charge in [-0.2, -0.15) is 0 Å². The topological polar surface area (TPSA) is 26.3 Å². The summed E-state index contributed by atoms with van der Waals surface area (Å²) in [6.07, 6.45) is 1.13. The van der Waals surface area contributed by atoms with Gasteiger partial charge >= 0.3 is 0 Å². The lowest BCUT2D eigenvalue weighted by Gasteiger charge is -2.14. The summed E-state index contributed by atoms with van der Waals surface area (Å²) < 4.78 is 5.56. The molecule has 0 aromatic heterocycles. The molecule has 2 nitrogen and oxygen atoms in total. The van der Waals surface area contributed by atoms with Crippen molar-refractivity contribution >= 4 is 5.78 Å². The highest BCUT2D eigenvalue weighted by molar-refractivity contribution is 5.97. The van der Waals surface area contributed by atoms with Gasteiger partial charge in [-0.15, -0.1) is 0 Å². The van der Waals surface area contributed by atoms with E-state index in [9.17, 15) is 4.79 Å². The fourth-order valence-corrected chi connectivity index (χ4v) is 1.85. The number of aryl methyl sites for hydroxylation is 1. The zero-order valence-electron chi connectivity index (χ0n) is 11.2. The third-order valence-electron chi connectivity index (χ3n) is 2.64. The Morgan fingerprint density at radius 3 is 2.59 bits per heavy atom. The van der Waals surface area contributed by atoms with Crippen molar-refractivity contribution in [2.45, 2.75) is 40.2 Å². The van der Waals surface area contributed by atoms with E-state index in [1.807, 2.05) is 38.1 Å². The maximum Gasteiger partial charge on any atom is 0.188 e. The van der Waals surface area contributed by atoms with Crippen LogP contribution in [0.5, 0.6) is 0 Å². The van der Waals surface area contributed by atoms with Crippen molar-refractivity contribution in [3.63, 3.8) is 0 Å². The lowest BCUT2D eigenvalue weighted by Crippen LogP contribution is -2.17. The Bertz CT molecular complexity index is 369. The number of hydrogen-bond acceptors (Lipinski definition) is 2. The zero-order valence-corrected chi connectivity index (χ0v) is 11.2. The van der Waals surface area contributed by atoms with Crippen LogP contribution in [0.1, 0.15) is 43.1 Å². The van der Waals surface area contributed by atoms with Crippen molar-refractivity contribution in [3.05, 3.63) is 35.4 Å². The maximum absolute atomic E-state index is 11.9. The summed E-state index contributed by atoms with van der Waals surface area (Å²) in [5.74, 6) is 0.656. The van der Waals surface area contributed by atoms with Crippen LogP contribution < -0.4 is 0 Å². The molecule has 1 rings (SSSR count). The van der Waals surface area contributed by atoms with E-state index in [0.717, 1.165) is 17.5 Å². The molecule has 0 aliphatic rings. The predicted molar refractivity (Wildman–Crippen MR) is 70.4 cm³/mol. The summed E-state index contributed by atoms with van der Waals surface area (Å²) in [4.78, 5) is 11.9. The van der Waals surface area contributed by atoms with E-state index in [0.29, 0.717) is 5.92 Å². The summed E-state index contributed by atoms with van der Waals surface area (Å²) >= 11 is 0. The average molecular weight is 234 g/mol. The first kappa shape index (κ1) is 13.9. The third-order valence-corrected chi connectivity index (χ3v) is 2.64. The second kappa shape index (κ2) is 6.55. The number of ketones is 1. The smallest absolute Gasteiger partial charge is 0.188 e. The molecule has 2 heteroatoms. The van der Waals surface area contributed by atoms with Crippen LogP contribution in [0.4, 0.5) is 0 Å². The fraction of sp³-hybridized carbons (Fsp3) is 0.533. The molecule has 1 unspecified atom stereocenters. The molecule has 0 saturated heterocycles. The highest BCUT2D eigenvalue weighted by atomic mass is 16.5. The van der Waals surface area contributed by atoms with Gasteiger partial charge in [0.1, 0.15) is 6.61 Å². The van der Waals surface area contributed by atoms with Crippen molar-refractivity contribution in [2.24, 2.45) is 5.92 Å². The average Bonchev–Trinajstić information content (AvgIpc) is 2.25. The monoisotopic (exact) mass is 234 g/mol. The number of rotatable bonds is 6. The van der Waals surface area contributed by atoms with Crippen molar-refractivity contribution in [1.82, 2.24) is 0 Å². The van der Waals surface area contributed by atoms with E-state index in [2.05, 4.69) is 13.8 Å². The first-order valence-corrected chi connectivity index (χ1v) is 6.20. The number of ether oxygens (including phenoxy) is 1. The highest BCUT2D eigenvalue weighted by Crippen LogP contribution is 2.09. The lowest BCUT2D eigenvalue weighted by atomic mass is 10.1. The van der Waals surface area contributed by atoms with Gasteiger partial charge in [0.15, 0.2) is 5.78 Å². The minimum absolute atomic E-state index is 0.0595. The van der Waals surface area contributed by atoms with E-state index in [-0.39, 0.29) is 18.5 Å². The van der Waals surface area contributed by atoms with E-state index in [1.165, 1.54) is 0 Å². The second-order valence-electron chi connectivity index (χ2n) is 5.04. The van der Waals surface area contributed by atoms with Crippen LogP contribution in [0.25, 0.3) is 0 Å². The highest BCUT2D eigenvalue weighted by Gasteiger charge is 2.10. The van der Waals surface area contributed by atoms with E-state index >= 15 is 0 Å². The van der Waals surface area contributed by atoms with Gasteiger partial charge in [-0.1, -0.05) is 37.6 Å². The van der Waals surface area contributed by atoms with Gasteiger partial charge in [-0.05, 0) is 32.3 Å². The Hall–Kier alpha value is -1.15. The van der Waals surface area contributed by atoms with Gasteiger partial charge in [-0.3, -0.25) is 4.79 Å². The van der Waals surface area contributed by atoms with Crippen LogP contribution in [0, 0.1) is 12.8 Å². The van der Waals surface area contributed by atoms with Gasteiger partial charge in [0.2, 0.25) is 0 Å². The molecule has 94 valence electrons. The summed E-state index contributed by atoms with van der Waals surface area (Å²) in [5, 5.41) is 0. The van der Waals surface area contributed by atoms with Crippen LogP contribution in [-0.2, 0) is 4.74 Å². The molecule has 0 aliphatic carbocycles. The van der Waals surface area contributed by atoms with Crippen molar-refractivity contribution in [2.75, 3.05) is 6.61 Å². The summed E-state index contributed by atoms with van der Waals surface area (Å²) in [6, 6.07) is 7.63. The molecule has 0 radical (unpaired) electrons. The standard InChI is InChI=1S/C15H22O2/c1-11(2)8-13(4)17-10-15(16)14-7-5-6-12(3)9-14/h5-7,9,11,13H,8,10H2,1-4H3. The van der Waals surface area contributed by atoms with Crippen LogP contribution in [0.15, 0.2) is 24.3 Å². The van der Waals surface area contributed by atoms with Gasteiger partial charge in [0.05, 0.1) is 6.10 Å². The van der Waals surface area contributed by atoms with E-state index in [1.54, 1.807) is 0 Å². The molecule has 0 saturated carbocycles. The quantitative estimate of drug-likeness (QED) is 0.703. The molecule has 1 atom stereocenters. The lowest BCUT2D eigenvalue weighted by molar-refractivity contribution is 0.0445. The molecule has 0 heterocycles. The Morgan fingerprint density at radius 1 is 1.29 bits per heavy atom. The summed E-state index contributed by atoms with van der Waals surface area (Å²) in [5.41, 5.74) is 1.84. The Balaban J connectivity index is 2.45. The normalized spacial score (nSPS) is 12.8. The minimum Gasteiger partial charge on any atom is -0.370 e. The van der Waals surface area contributed by atoms with Crippen LogP contribution in [0.2, 0.25) is 0 Å². The molecule has 0 fully saturated rings. The van der Waals surface area contributed by atoms with Crippen molar-refractivity contribution in [1.29, 1.82) is 0 Å². The predicted octanol–water partition coefficient (Wildman–Crippen LogP) is 3.63. The van der Waals surface area contributed by atoms with Crippen LogP contribution in [0.3, 0.4) is 0 Å². The van der Waals surface area contributed by atoms with Gasteiger partial charge in [0.25, 0.3) is 0 Å². The molecule has 0 bridgehead atoms. The van der Waals surface area contributed by atoms with Gasteiger partial charge < -0.3 is 4.74 Å². The zero-order chi connectivity index (χ0) is 12.8. The van der Waals surface area contributed by atoms with E-state index in [4.69, 9.17) is 4.74 Å². The summed E-state index contributed by atoms with van der Waals surface area (Å²) in [6.45, 7) is 8.49. The van der Waals surface area contributed by atoms with Crippen LogP contribution in [-0.4, -0.2) is 18.5 Å². The fourth-order valence-electron chi connectivity index (χ4n) is 1.85. The largest absolute Gasteiger partial charge is 0.370 e. The number of benzene rings is 1. The van der Waals surface area contributed by atoms with E-state index < -0.39 is 0 Å². The molecular formula is C15H22O2.